The van der Waals surface area contributed by atoms with Crippen molar-refractivity contribution in [3.63, 3.8) is 0 Å². The van der Waals surface area contributed by atoms with Crippen molar-refractivity contribution in [1.29, 1.82) is 0 Å². The van der Waals surface area contributed by atoms with Crippen LogP contribution in [0.25, 0.3) is 0 Å². The standard InChI is InChI=1S/C17H14O6/c1-9-4-12-14(6-15(9)23-8-19)17(21)13-5-10(22-7-18)2-3-11(13)16(12)20/h2-6,18-19H,7-8H2,1H3. The number of carbonyl (C=O) groups is 2. The molecule has 3 rings (SSSR count). The van der Waals surface area contributed by atoms with Crippen LogP contribution in [-0.4, -0.2) is 35.4 Å². The van der Waals surface area contributed by atoms with Gasteiger partial charge in [-0.2, -0.15) is 0 Å². The summed E-state index contributed by atoms with van der Waals surface area (Å²) in [5.41, 5.74) is 1.69. The SMILES string of the molecule is Cc1cc2c(cc1OCO)C(=O)c1cc(OCO)ccc1C2=O. The first kappa shape index (κ1) is 15.2. The Morgan fingerprint density at radius 3 is 2.13 bits per heavy atom. The fourth-order valence-corrected chi connectivity index (χ4v) is 2.65. The quantitative estimate of drug-likeness (QED) is 0.708. The van der Waals surface area contributed by atoms with Crippen LogP contribution < -0.4 is 9.47 Å². The zero-order valence-electron chi connectivity index (χ0n) is 12.3. The number of benzene rings is 2. The predicted octanol–water partition coefficient (Wildman–Crippen LogP) is 1.43. The van der Waals surface area contributed by atoms with E-state index in [9.17, 15) is 9.59 Å². The molecular formula is C17H14O6. The van der Waals surface area contributed by atoms with Gasteiger partial charge in [0.1, 0.15) is 11.5 Å². The molecule has 0 saturated heterocycles. The maximum absolute atomic E-state index is 12.7. The van der Waals surface area contributed by atoms with Crippen LogP contribution in [0.1, 0.15) is 37.4 Å². The van der Waals surface area contributed by atoms with Crippen LogP contribution in [0.3, 0.4) is 0 Å². The van der Waals surface area contributed by atoms with E-state index in [1.165, 1.54) is 24.3 Å². The van der Waals surface area contributed by atoms with Gasteiger partial charge in [-0.3, -0.25) is 9.59 Å². The van der Waals surface area contributed by atoms with Crippen molar-refractivity contribution in [2.45, 2.75) is 6.92 Å². The number of aryl methyl sites for hydroxylation is 1. The number of ether oxygens (including phenoxy) is 2. The van der Waals surface area contributed by atoms with E-state index in [2.05, 4.69) is 0 Å². The number of hydrogen-bond donors (Lipinski definition) is 2. The molecule has 6 heteroatoms. The summed E-state index contributed by atoms with van der Waals surface area (Å²) in [7, 11) is 0. The van der Waals surface area contributed by atoms with Crippen molar-refractivity contribution in [2.75, 3.05) is 13.6 Å². The average molecular weight is 314 g/mol. The second-order valence-electron chi connectivity index (χ2n) is 5.08. The molecule has 2 N–H and O–H groups in total. The van der Waals surface area contributed by atoms with E-state index in [-0.39, 0.29) is 22.7 Å². The summed E-state index contributed by atoms with van der Waals surface area (Å²) >= 11 is 0. The first-order chi connectivity index (χ1) is 11.1. The van der Waals surface area contributed by atoms with Crippen molar-refractivity contribution < 1.29 is 29.3 Å². The molecule has 0 aliphatic heterocycles. The third-order valence-electron chi connectivity index (χ3n) is 3.74. The lowest BCUT2D eigenvalue weighted by Crippen LogP contribution is -2.21. The molecule has 1 aliphatic carbocycles. The molecule has 0 bridgehead atoms. The Labute approximate surface area is 131 Å². The highest BCUT2D eigenvalue weighted by Crippen LogP contribution is 2.33. The molecule has 0 aromatic heterocycles. The Morgan fingerprint density at radius 1 is 0.826 bits per heavy atom. The van der Waals surface area contributed by atoms with Crippen LogP contribution in [0, 0.1) is 6.92 Å². The molecule has 23 heavy (non-hydrogen) atoms. The van der Waals surface area contributed by atoms with Gasteiger partial charge in [-0.05, 0) is 42.8 Å². The van der Waals surface area contributed by atoms with Gasteiger partial charge in [0.25, 0.3) is 0 Å². The second kappa shape index (κ2) is 5.83. The molecule has 0 fully saturated rings. The highest BCUT2D eigenvalue weighted by Gasteiger charge is 2.31. The monoisotopic (exact) mass is 314 g/mol. The molecule has 2 aromatic carbocycles. The van der Waals surface area contributed by atoms with E-state index in [0.29, 0.717) is 28.2 Å². The molecule has 0 unspecified atom stereocenters. The number of ketones is 2. The van der Waals surface area contributed by atoms with Crippen molar-refractivity contribution in [2.24, 2.45) is 0 Å². The number of hydrogen-bond acceptors (Lipinski definition) is 6. The summed E-state index contributed by atoms with van der Waals surface area (Å²) in [5.74, 6) is 0.0537. The minimum atomic E-state index is -0.523. The Hall–Kier alpha value is -2.70. The molecule has 0 amide bonds. The minimum Gasteiger partial charge on any atom is -0.468 e. The number of rotatable bonds is 4. The van der Waals surface area contributed by atoms with Gasteiger partial charge in [0, 0.05) is 22.3 Å². The topological polar surface area (TPSA) is 93.1 Å². The summed E-state index contributed by atoms with van der Waals surface area (Å²) in [5, 5.41) is 17.7. The van der Waals surface area contributed by atoms with Gasteiger partial charge < -0.3 is 19.7 Å². The van der Waals surface area contributed by atoms with Crippen LogP contribution in [0.5, 0.6) is 11.5 Å². The van der Waals surface area contributed by atoms with Crippen LogP contribution >= 0.6 is 0 Å². The summed E-state index contributed by atoms with van der Waals surface area (Å²) in [6, 6.07) is 7.52. The first-order valence-electron chi connectivity index (χ1n) is 6.92. The van der Waals surface area contributed by atoms with E-state index in [4.69, 9.17) is 19.7 Å². The molecular weight excluding hydrogens is 300 g/mol. The Balaban J connectivity index is 2.15. The lowest BCUT2D eigenvalue weighted by molar-refractivity contribution is 0.0947. The zero-order valence-corrected chi connectivity index (χ0v) is 12.3. The fourth-order valence-electron chi connectivity index (χ4n) is 2.65. The number of aliphatic hydroxyl groups is 2. The first-order valence-corrected chi connectivity index (χ1v) is 6.92. The summed E-state index contributed by atoms with van der Waals surface area (Å²) in [6.45, 7) is 0.689. The molecule has 118 valence electrons. The third-order valence-corrected chi connectivity index (χ3v) is 3.74. The van der Waals surface area contributed by atoms with Gasteiger partial charge in [-0.1, -0.05) is 0 Å². The summed E-state index contributed by atoms with van der Waals surface area (Å²) in [4.78, 5) is 25.3. The molecule has 0 saturated carbocycles. The van der Waals surface area contributed by atoms with Gasteiger partial charge in [-0.25, -0.2) is 0 Å². The lowest BCUT2D eigenvalue weighted by atomic mass is 9.83. The van der Waals surface area contributed by atoms with Gasteiger partial charge >= 0.3 is 0 Å². The smallest absolute Gasteiger partial charge is 0.194 e. The molecule has 1 aliphatic rings. The van der Waals surface area contributed by atoms with Crippen molar-refractivity contribution >= 4 is 11.6 Å². The van der Waals surface area contributed by atoms with E-state index in [0.717, 1.165) is 0 Å². The normalized spacial score (nSPS) is 12.7. The van der Waals surface area contributed by atoms with E-state index in [1.807, 2.05) is 0 Å². The largest absolute Gasteiger partial charge is 0.468 e. The van der Waals surface area contributed by atoms with Crippen LogP contribution in [-0.2, 0) is 0 Å². The maximum Gasteiger partial charge on any atom is 0.194 e. The summed E-state index contributed by atoms with van der Waals surface area (Å²) < 4.78 is 10.0. The Kier molecular flexibility index (Phi) is 3.85. The van der Waals surface area contributed by atoms with E-state index in [1.54, 1.807) is 13.0 Å². The Bertz CT molecular complexity index is 809. The van der Waals surface area contributed by atoms with Gasteiger partial charge in [0.15, 0.2) is 25.2 Å². The highest BCUT2D eigenvalue weighted by molar-refractivity contribution is 6.28. The fraction of sp³-hybridized carbons (Fsp3) is 0.176. The third kappa shape index (κ3) is 2.48. The molecule has 0 radical (unpaired) electrons. The van der Waals surface area contributed by atoms with Gasteiger partial charge in [0.2, 0.25) is 0 Å². The lowest BCUT2D eigenvalue weighted by Gasteiger charge is -2.20. The van der Waals surface area contributed by atoms with E-state index < -0.39 is 13.6 Å². The van der Waals surface area contributed by atoms with Gasteiger partial charge in [0.05, 0.1) is 0 Å². The molecule has 0 spiro atoms. The van der Waals surface area contributed by atoms with Crippen LogP contribution in [0.15, 0.2) is 30.3 Å². The second-order valence-corrected chi connectivity index (χ2v) is 5.08. The molecule has 0 atom stereocenters. The molecule has 6 nitrogen and oxygen atoms in total. The molecule has 0 heterocycles. The van der Waals surface area contributed by atoms with Crippen LogP contribution in [0.4, 0.5) is 0 Å². The number of aliphatic hydroxyl groups excluding tert-OH is 2. The van der Waals surface area contributed by atoms with Crippen molar-refractivity contribution in [3.05, 3.63) is 58.1 Å². The van der Waals surface area contributed by atoms with Gasteiger partial charge in [-0.15, -0.1) is 0 Å². The zero-order chi connectivity index (χ0) is 16.6. The Morgan fingerprint density at radius 2 is 1.43 bits per heavy atom. The van der Waals surface area contributed by atoms with Crippen LogP contribution in [0.2, 0.25) is 0 Å². The number of fused-ring (bicyclic) bond motifs is 2. The average Bonchev–Trinajstić information content (AvgIpc) is 2.54. The predicted molar refractivity (Wildman–Crippen MR) is 79.9 cm³/mol. The highest BCUT2D eigenvalue weighted by atomic mass is 16.6. The summed E-state index contributed by atoms with van der Waals surface area (Å²) in [6.07, 6.45) is 0. The van der Waals surface area contributed by atoms with Crippen molar-refractivity contribution in [1.82, 2.24) is 0 Å². The maximum atomic E-state index is 12.7. The molecule has 2 aromatic rings. The van der Waals surface area contributed by atoms with Crippen molar-refractivity contribution in [3.8, 4) is 11.5 Å². The van der Waals surface area contributed by atoms with E-state index >= 15 is 0 Å². The minimum absolute atomic E-state index is 0.215. The number of carbonyl (C=O) groups excluding carboxylic acids is 2.